The molecule has 0 bridgehead atoms. The van der Waals surface area contributed by atoms with Crippen molar-refractivity contribution < 1.29 is 27.2 Å². The van der Waals surface area contributed by atoms with E-state index in [1.807, 2.05) is 24.3 Å². The second-order valence-electron chi connectivity index (χ2n) is 7.97. The number of rotatable bonds is 6. The Bertz CT molecular complexity index is 1140. The van der Waals surface area contributed by atoms with Gasteiger partial charge < -0.3 is 14.6 Å². The molecule has 0 saturated carbocycles. The van der Waals surface area contributed by atoms with Crippen LogP contribution in [0.15, 0.2) is 47.0 Å². The van der Waals surface area contributed by atoms with E-state index in [1.165, 1.54) is 0 Å². The highest BCUT2D eigenvalue weighted by Gasteiger charge is 2.32. The van der Waals surface area contributed by atoms with Gasteiger partial charge in [0, 0.05) is 11.5 Å². The minimum Gasteiger partial charge on any atom is -0.497 e. The van der Waals surface area contributed by atoms with Crippen molar-refractivity contribution >= 4 is 23.2 Å². The summed E-state index contributed by atoms with van der Waals surface area (Å²) in [6, 6.07) is 10.2. The highest BCUT2D eigenvalue weighted by atomic mass is 35.5. The van der Waals surface area contributed by atoms with Crippen LogP contribution in [0.25, 0.3) is 11.4 Å². The molecule has 0 spiro atoms. The number of hydrogen-bond acceptors (Lipinski definition) is 6. The zero-order valence-corrected chi connectivity index (χ0v) is 19.0. The minimum atomic E-state index is -4.52. The molecule has 0 unspecified atom stereocenters. The Hall–Kier alpha value is -3.11. The van der Waals surface area contributed by atoms with E-state index in [9.17, 15) is 18.0 Å². The summed E-state index contributed by atoms with van der Waals surface area (Å²) in [5, 5.41) is 6.63. The highest BCUT2D eigenvalue weighted by molar-refractivity contribution is 6.33. The van der Waals surface area contributed by atoms with Crippen LogP contribution in [-0.4, -0.2) is 41.1 Å². The molecular weight excluding hydrogens is 473 g/mol. The molecule has 1 amide bonds. The Morgan fingerprint density at radius 2 is 1.91 bits per heavy atom. The minimum absolute atomic E-state index is 0.0409. The van der Waals surface area contributed by atoms with Gasteiger partial charge in [0.2, 0.25) is 17.6 Å². The fourth-order valence-corrected chi connectivity index (χ4v) is 3.92. The number of piperidine rings is 1. The maximum atomic E-state index is 13.0. The lowest BCUT2D eigenvalue weighted by molar-refractivity contribution is -0.137. The van der Waals surface area contributed by atoms with Crippen molar-refractivity contribution in [3.8, 4) is 17.1 Å². The summed E-state index contributed by atoms with van der Waals surface area (Å²) in [6.07, 6.45) is -3.43. The van der Waals surface area contributed by atoms with Gasteiger partial charge in [-0.25, -0.2) is 0 Å². The monoisotopic (exact) mass is 494 g/mol. The number of carbonyl (C=O) groups is 1. The molecule has 11 heteroatoms. The summed E-state index contributed by atoms with van der Waals surface area (Å²) in [4.78, 5) is 19.2. The fraction of sp³-hybridized carbons (Fsp3) is 0.348. The molecular formula is C23H22ClF3N4O3. The van der Waals surface area contributed by atoms with Crippen molar-refractivity contribution in [2.24, 2.45) is 5.92 Å². The molecule has 1 aliphatic rings. The number of alkyl halides is 3. The zero-order chi connectivity index (χ0) is 24.3. The number of benzene rings is 2. The molecule has 0 aliphatic carbocycles. The molecule has 4 rings (SSSR count). The third kappa shape index (κ3) is 5.68. The average molecular weight is 495 g/mol. The molecule has 1 aliphatic heterocycles. The Labute approximate surface area is 198 Å². The van der Waals surface area contributed by atoms with E-state index in [4.69, 9.17) is 20.9 Å². The summed E-state index contributed by atoms with van der Waals surface area (Å²) in [7, 11) is 1.59. The molecule has 1 saturated heterocycles. The van der Waals surface area contributed by atoms with Crippen molar-refractivity contribution in [3.63, 3.8) is 0 Å². The van der Waals surface area contributed by atoms with Crippen LogP contribution in [0.4, 0.5) is 18.9 Å². The van der Waals surface area contributed by atoms with Crippen molar-refractivity contribution in [1.82, 2.24) is 15.0 Å². The molecule has 2 heterocycles. The number of likely N-dealkylation sites (tertiary alicyclic amines) is 1. The second kappa shape index (κ2) is 10.0. The first-order valence-corrected chi connectivity index (χ1v) is 11.0. The van der Waals surface area contributed by atoms with Crippen LogP contribution < -0.4 is 10.1 Å². The van der Waals surface area contributed by atoms with Crippen LogP contribution in [0.2, 0.25) is 5.02 Å². The van der Waals surface area contributed by atoms with Crippen LogP contribution in [0.5, 0.6) is 5.75 Å². The van der Waals surface area contributed by atoms with Crippen molar-refractivity contribution in [1.29, 1.82) is 0 Å². The highest BCUT2D eigenvalue weighted by Crippen LogP contribution is 2.34. The lowest BCUT2D eigenvalue weighted by Crippen LogP contribution is -2.37. The first-order valence-electron chi connectivity index (χ1n) is 10.6. The van der Waals surface area contributed by atoms with Crippen LogP contribution in [0.3, 0.4) is 0 Å². The van der Waals surface area contributed by atoms with E-state index >= 15 is 0 Å². The fourth-order valence-electron chi connectivity index (χ4n) is 3.75. The van der Waals surface area contributed by atoms with Gasteiger partial charge in [0.1, 0.15) is 5.75 Å². The molecule has 7 nitrogen and oxygen atoms in total. The first-order chi connectivity index (χ1) is 16.2. The summed E-state index contributed by atoms with van der Waals surface area (Å²) in [5.74, 6) is 0.990. The van der Waals surface area contributed by atoms with Crippen LogP contribution in [-0.2, 0) is 17.5 Å². The number of hydrogen-bond donors (Lipinski definition) is 1. The molecule has 2 aromatic carbocycles. The summed E-state index contributed by atoms with van der Waals surface area (Å²) >= 11 is 5.98. The Kier molecular flexibility index (Phi) is 7.08. The number of carbonyl (C=O) groups excluding carboxylic acids is 1. The summed E-state index contributed by atoms with van der Waals surface area (Å²) in [5.41, 5.74) is -0.101. The number of halogens is 4. The average Bonchev–Trinajstić information content (AvgIpc) is 3.28. The van der Waals surface area contributed by atoms with Crippen molar-refractivity contribution in [2.75, 3.05) is 25.5 Å². The maximum absolute atomic E-state index is 13.0. The van der Waals surface area contributed by atoms with Gasteiger partial charge in [-0.2, -0.15) is 18.2 Å². The molecule has 180 valence electrons. The number of aromatic nitrogens is 2. The normalized spacial score (nSPS) is 15.3. The van der Waals surface area contributed by atoms with E-state index < -0.39 is 11.7 Å². The van der Waals surface area contributed by atoms with Crippen molar-refractivity contribution in [2.45, 2.75) is 25.6 Å². The van der Waals surface area contributed by atoms with E-state index in [-0.39, 0.29) is 22.5 Å². The number of nitrogens with one attached hydrogen (secondary N) is 1. The standard InChI is InChI=1S/C23H22ClF3N4O3/c1-33-17-5-2-14(3-6-17)21-29-20(34-30-21)13-31-10-8-15(9-11-31)22(32)28-19-12-16(23(25,26)27)4-7-18(19)24/h2-7,12,15H,8-11,13H2,1H3,(H,28,32). The maximum Gasteiger partial charge on any atom is 0.416 e. The van der Waals surface area contributed by atoms with Gasteiger partial charge in [0.15, 0.2) is 0 Å². The van der Waals surface area contributed by atoms with Gasteiger partial charge in [0.25, 0.3) is 0 Å². The number of ether oxygens (including phenoxy) is 1. The predicted molar refractivity (Wildman–Crippen MR) is 119 cm³/mol. The van der Waals surface area contributed by atoms with Gasteiger partial charge in [-0.05, 0) is 68.4 Å². The van der Waals surface area contributed by atoms with Gasteiger partial charge in [0.05, 0.1) is 29.9 Å². The number of methoxy groups -OCH3 is 1. The lowest BCUT2D eigenvalue weighted by atomic mass is 9.95. The molecule has 1 aromatic heterocycles. The molecule has 1 N–H and O–H groups in total. The summed E-state index contributed by atoms with van der Waals surface area (Å²) < 4.78 is 49.4. The number of anilines is 1. The lowest BCUT2D eigenvalue weighted by Gasteiger charge is -2.30. The van der Waals surface area contributed by atoms with E-state index in [2.05, 4.69) is 20.4 Å². The van der Waals surface area contributed by atoms with Crippen LogP contribution in [0, 0.1) is 5.92 Å². The van der Waals surface area contributed by atoms with Crippen LogP contribution >= 0.6 is 11.6 Å². The molecule has 3 aromatic rings. The smallest absolute Gasteiger partial charge is 0.416 e. The Morgan fingerprint density at radius 1 is 1.21 bits per heavy atom. The third-order valence-corrected chi connectivity index (χ3v) is 6.01. The predicted octanol–water partition coefficient (Wildman–Crippen LogP) is 5.27. The Morgan fingerprint density at radius 3 is 2.56 bits per heavy atom. The van der Waals surface area contributed by atoms with Gasteiger partial charge in [-0.15, -0.1) is 0 Å². The van der Waals surface area contributed by atoms with E-state index in [1.54, 1.807) is 7.11 Å². The zero-order valence-electron chi connectivity index (χ0n) is 18.2. The first kappa shape index (κ1) is 24.0. The molecule has 0 atom stereocenters. The number of nitrogens with zero attached hydrogens (tertiary/aromatic N) is 3. The van der Waals surface area contributed by atoms with E-state index in [0.717, 1.165) is 29.5 Å². The number of amides is 1. The summed E-state index contributed by atoms with van der Waals surface area (Å²) in [6.45, 7) is 1.65. The van der Waals surface area contributed by atoms with Gasteiger partial charge >= 0.3 is 6.18 Å². The quantitative estimate of drug-likeness (QED) is 0.503. The third-order valence-electron chi connectivity index (χ3n) is 5.69. The Balaban J connectivity index is 1.31. The molecule has 0 radical (unpaired) electrons. The second-order valence-corrected chi connectivity index (χ2v) is 8.38. The SMILES string of the molecule is COc1ccc(-c2noc(CN3CCC(C(=O)Nc4cc(C(F)(F)F)ccc4Cl)CC3)n2)cc1. The largest absolute Gasteiger partial charge is 0.497 e. The van der Waals surface area contributed by atoms with E-state index in [0.29, 0.717) is 44.2 Å². The topological polar surface area (TPSA) is 80.5 Å². The van der Waals surface area contributed by atoms with Crippen molar-refractivity contribution in [3.05, 3.63) is 58.9 Å². The van der Waals surface area contributed by atoms with Gasteiger partial charge in [-0.3, -0.25) is 9.69 Å². The van der Waals surface area contributed by atoms with Crippen LogP contribution in [0.1, 0.15) is 24.3 Å². The molecule has 34 heavy (non-hydrogen) atoms. The van der Waals surface area contributed by atoms with Gasteiger partial charge in [-0.1, -0.05) is 16.8 Å². The molecule has 1 fully saturated rings.